The average Bonchev–Trinajstić information content (AvgIpc) is 3.07. The molecule has 0 amide bonds. The Bertz CT molecular complexity index is 739. The summed E-state index contributed by atoms with van der Waals surface area (Å²) in [7, 11) is 0. The van der Waals surface area contributed by atoms with Crippen LogP contribution < -0.4 is 11.3 Å². The molecular formula is C13H13ClN4OS. The molecule has 0 aliphatic rings. The lowest BCUT2D eigenvalue weighted by Gasteiger charge is -2.11. The SMILES string of the molecule is CCc1nnsc1C(NN)c1cc2cccc(Cl)c2o1. The number of aromatic nitrogens is 2. The Labute approximate surface area is 124 Å². The van der Waals surface area contributed by atoms with Crippen LogP contribution in [0.25, 0.3) is 11.0 Å². The maximum absolute atomic E-state index is 6.13. The zero-order valence-electron chi connectivity index (χ0n) is 10.8. The van der Waals surface area contributed by atoms with E-state index in [2.05, 4.69) is 15.0 Å². The molecular weight excluding hydrogens is 296 g/mol. The second-order valence-corrected chi connectivity index (χ2v) is 5.54. The molecule has 3 rings (SSSR count). The van der Waals surface area contributed by atoms with Crippen molar-refractivity contribution in [2.24, 2.45) is 5.84 Å². The van der Waals surface area contributed by atoms with Crippen molar-refractivity contribution < 1.29 is 4.42 Å². The van der Waals surface area contributed by atoms with E-state index in [4.69, 9.17) is 21.9 Å². The lowest BCUT2D eigenvalue weighted by molar-refractivity contribution is 0.479. The number of hydrogen-bond donors (Lipinski definition) is 2. The first kappa shape index (κ1) is 13.5. The first-order valence-electron chi connectivity index (χ1n) is 6.19. The minimum atomic E-state index is -0.270. The summed E-state index contributed by atoms with van der Waals surface area (Å²) < 4.78 is 9.84. The summed E-state index contributed by atoms with van der Waals surface area (Å²) in [5.41, 5.74) is 4.36. The number of hydrogen-bond acceptors (Lipinski definition) is 6. The molecule has 1 atom stereocenters. The Balaban J connectivity index is 2.10. The van der Waals surface area contributed by atoms with Crippen LogP contribution in [0.5, 0.6) is 0 Å². The van der Waals surface area contributed by atoms with Crippen molar-refractivity contribution in [1.82, 2.24) is 15.0 Å². The van der Waals surface area contributed by atoms with Crippen LogP contribution in [0.3, 0.4) is 0 Å². The monoisotopic (exact) mass is 308 g/mol. The van der Waals surface area contributed by atoms with E-state index in [1.807, 2.05) is 25.1 Å². The van der Waals surface area contributed by atoms with Gasteiger partial charge in [0.25, 0.3) is 0 Å². The van der Waals surface area contributed by atoms with E-state index in [1.165, 1.54) is 11.5 Å². The molecule has 0 bridgehead atoms. The highest BCUT2D eigenvalue weighted by molar-refractivity contribution is 7.05. The van der Waals surface area contributed by atoms with Gasteiger partial charge in [0.15, 0.2) is 5.58 Å². The van der Waals surface area contributed by atoms with Crippen molar-refractivity contribution >= 4 is 34.1 Å². The van der Waals surface area contributed by atoms with E-state index >= 15 is 0 Å². The number of fused-ring (bicyclic) bond motifs is 1. The van der Waals surface area contributed by atoms with E-state index in [0.717, 1.165) is 22.4 Å². The van der Waals surface area contributed by atoms with Crippen LogP contribution >= 0.6 is 23.1 Å². The molecule has 0 fully saturated rings. The standard InChI is InChI=1S/C13H13ClN4OS/c1-2-9-13(20-18-17-9)11(16-15)10-6-7-4-3-5-8(14)12(7)19-10/h3-6,11,16H,2,15H2,1H3. The maximum Gasteiger partial charge on any atom is 0.152 e. The molecule has 5 nitrogen and oxygen atoms in total. The fourth-order valence-corrected chi connectivity index (χ4v) is 3.18. The molecule has 3 N–H and O–H groups in total. The number of aryl methyl sites for hydroxylation is 1. The van der Waals surface area contributed by atoms with Gasteiger partial charge in [-0.2, -0.15) is 0 Å². The number of rotatable bonds is 4. The second-order valence-electron chi connectivity index (χ2n) is 4.34. The van der Waals surface area contributed by atoms with Crippen LogP contribution in [-0.4, -0.2) is 9.59 Å². The molecule has 7 heteroatoms. The molecule has 0 aliphatic heterocycles. The van der Waals surface area contributed by atoms with Crippen LogP contribution in [0.2, 0.25) is 5.02 Å². The summed E-state index contributed by atoms with van der Waals surface area (Å²) in [5, 5.41) is 5.64. The largest absolute Gasteiger partial charge is 0.457 e. The maximum atomic E-state index is 6.13. The third-order valence-electron chi connectivity index (χ3n) is 3.15. The van der Waals surface area contributed by atoms with Crippen molar-refractivity contribution in [2.45, 2.75) is 19.4 Å². The summed E-state index contributed by atoms with van der Waals surface area (Å²) in [6.45, 7) is 2.03. The summed E-state index contributed by atoms with van der Waals surface area (Å²) in [6, 6.07) is 7.31. The fourth-order valence-electron chi connectivity index (χ4n) is 2.16. The van der Waals surface area contributed by atoms with Crippen molar-refractivity contribution in [3.8, 4) is 0 Å². The van der Waals surface area contributed by atoms with E-state index < -0.39 is 0 Å². The minimum absolute atomic E-state index is 0.270. The number of nitrogens with two attached hydrogens (primary N) is 1. The molecule has 0 saturated heterocycles. The topological polar surface area (TPSA) is 77.0 Å². The highest BCUT2D eigenvalue weighted by atomic mass is 35.5. The van der Waals surface area contributed by atoms with Gasteiger partial charge in [0.1, 0.15) is 11.8 Å². The first-order chi connectivity index (χ1) is 9.74. The Morgan fingerprint density at radius 2 is 2.35 bits per heavy atom. The number of hydrazine groups is 1. The smallest absolute Gasteiger partial charge is 0.152 e. The van der Waals surface area contributed by atoms with Crippen LogP contribution in [0.4, 0.5) is 0 Å². The summed E-state index contributed by atoms with van der Waals surface area (Å²) in [6.07, 6.45) is 0.797. The summed E-state index contributed by atoms with van der Waals surface area (Å²) in [5.74, 6) is 6.39. The molecule has 20 heavy (non-hydrogen) atoms. The van der Waals surface area contributed by atoms with Gasteiger partial charge in [0.2, 0.25) is 0 Å². The number of nitrogens with one attached hydrogen (secondary N) is 1. The predicted octanol–water partition coefficient (Wildman–Crippen LogP) is 3.05. The molecule has 2 heterocycles. The lowest BCUT2D eigenvalue weighted by atomic mass is 10.1. The van der Waals surface area contributed by atoms with Crippen molar-refractivity contribution in [3.63, 3.8) is 0 Å². The Hall–Kier alpha value is -1.47. The van der Waals surface area contributed by atoms with Crippen molar-refractivity contribution in [1.29, 1.82) is 0 Å². The van der Waals surface area contributed by atoms with Gasteiger partial charge < -0.3 is 4.42 Å². The normalized spacial score (nSPS) is 12.9. The van der Waals surface area contributed by atoms with E-state index in [1.54, 1.807) is 6.07 Å². The zero-order chi connectivity index (χ0) is 14.1. The highest BCUT2D eigenvalue weighted by Crippen LogP contribution is 2.33. The Morgan fingerprint density at radius 1 is 1.50 bits per heavy atom. The molecule has 0 saturated carbocycles. The highest BCUT2D eigenvalue weighted by Gasteiger charge is 2.23. The lowest BCUT2D eigenvalue weighted by Crippen LogP contribution is -2.28. The molecule has 0 radical (unpaired) electrons. The quantitative estimate of drug-likeness (QED) is 0.572. The van der Waals surface area contributed by atoms with Crippen LogP contribution in [0.15, 0.2) is 28.7 Å². The van der Waals surface area contributed by atoms with Crippen LogP contribution in [0.1, 0.15) is 29.3 Å². The van der Waals surface area contributed by atoms with Gasteiger partial charge in [-0.15, -0.1) is 5.10 Å². The third kappa shape index (κ3) is 2.20. The van der Waals surface area contributed by atoms with Gasteiger partial charge in [-0.3, -0.25) is 5.84 Å². The van der Waals surface area contributed by atoms with Gasteiger partial charge in [-0.25, -0.2) is 5.43 Å². The van der Waals surface area contributed by atoms with E-state index in [9.17, 15) is 0 Å². The molecule has 0 spiro atoms. The van der Waals surface area contributed by atoms with E-state index in [0.29, 0.717) is 16.4 Å². The zero-order valence-corrected chi connectivity index (χ0v) is 12.3. The Morgan fingerprint density at radius 3 is 3.05 bits per heavy atom. The number of furan rings is 1. The van der Waals surface area contributed by atoms with Gasteiger partial charge >= 0.3 is 0 Å². The molecule has 0 aliphatic carbocycles. The molecule has 1 unspecified atom stereocenters. The number of nitrogens with zero attached hydrogens (tertiary/aromatic N) is 2. The fraction of sp³-hybridized carbons (Fsp3) is 0.231. The average molecular weight is 309 g/mol. The second kappa shape index (κ2) is 5.49. The Kier molecular flexibility index (Phi) is 3.71. The van der Waals surface area contributed by atoms with Crippen LogP contribution in [-0.2, 0) is 6.42 Å². The summed E-state index contributed by atoms with van der Waals surface area (Å²) in [4.78, 5) is 0.963. The first-order valence-corrected chi connectivity index (χ1v) is 7.35. The van der Waals surface area contributed by atoms with E-state index in [-0.39, 0.29) is 6.04 Å². The van der Waals surface area contributed by atoms with Crippen LogP contribution in [0, 0.1) is 0 Å². The number of halogens is 1. The molecule has 1 aromatic carbocycles. The van der Waals surface area contributed by atoms with Gasteiger partial charge in [0.05, 0.1) is 15.6 Å². The van der Waals surface area contributed by atoms with Crippen molar-refractivity contribution in [2.75, 3.05) is 0 Å². The predicted molar refractivity (Wildman–Crippen MR) is 79.7 cm³/mol. The van der Waals surface area contributed by atoms with Crippen molar-refractivity contribution in [3.05, 3.63) is 45.6 Å². The van der Waals surface area contributed by atoms with Gasteiger partial charge in [-0.1, -0.05) is 35.1 Å². The summed E-state index contributed by atoms with van der Waals surface area (Å²) >= 11 is 7.45. The van der Waals surface area contributed by atoms with Gasteiger partial charge in [0, 0.05) is 5.39 Å². The third-order valence-corrected chi connectivity index (χ3v) is 4.28. The molecule has 2 aromatic heterocycles. The minimum Gasteiger partial charge on any atom is -0.457 e. The number of benzene rings is 1. The molecule has 104 valence electrons. The molecule has 3 aromatic rings. The number of para-hydroxylation sites is 1. The van der Waals surface area contributed by atoms with Gasteiger partial charge in [-0.05, 0) is 30.1 Å².